The summed E-state index contributed by atoms with van der Waals surface area (Å²) in [6.07, 6.45) is 4.17. The molecule has 2 aliphatic heterocycles. The Balaban J connectivity index is 1.50. The first kappa shape index (κ1) is 22.1. The first-order valence-electron chi connectivity index (χ1n) is 12.0. The molecule has 182 valence electrons. The second-order valence-corrected chi connectivity index (χ2v) is 10.1. The van der Waals surface area contributed by atoms with Gasteiger partial charge in [0.1, 0.15) is 11.4 Å². The lowest BCUT2D eigenvalue weighted by Gasteiger charge is -2.35. The van der Waals surface area contributed by atoms with Crippen LogP contribution in [0.2, 0.25) is 0 Å². The molecule has 0 saturated carbocycles. The van der Waals surface area contributed by atoms with E-state index >= 15 is 0 Å². The number of nitrogens with two attached hydrogens (primary N) is 1. The molecule has 1 amide bonds. The third-order valence-corrected chi connectivity index (χ3v) is 7.47. The normalized spacial score (nSPS) is 26.9. The van der Waals surface area contributed by atoms with Crippen molar-refractivity contribution < 1.29 is 13.9 Å². The maximum Gasteiger partial charge on any atom is 0.337 e. The minimum absolute atomic E-state index is 0.0102. The number of ether oxygens (including phenoxy) is 1. The lowest BCUT2D eigenvalue weighted by molar-refractivity contribution is -0.121. The van der Waals surface area contributed by atoms with Crippen LogP contribution in [0.3, 0.4) is 0 Å². The average Bonchev–Trinajstić information content (AvgIpc) is 3.20. The SMILES string of the molecule is CC(C)c1cc(Nc2nc([N+]3(c4ccc(F)nc4)CCCC3C(N)=O)nc3c2CC2(CO2)C3)n[nH]1. The number of hydrogen-bond donors (Lipinski definition) is 3. The highest BCUT2D eigenvalue weighted by atomic mass is 19.1. The molecule has 3 aliphatic rings. The molecule has 2 saturated heterocycles. The van der Waals surface area contributed by atoms with E-state index in [1.54, 1.807) is 6.07 Å². The number of aromatic amines is 1. The summed E-state index contributed by atoms with van der Waals surface area (Å²) < 4.78 is 19.5. The van der Waals surface area contributed by atoms with E-state index in [0.29, 0.717) is 61.6 Å². The summed E-state index contributed by atoms with van der Waals surface area (Å²) in [5, 5.41) is 10.8. The number of nitrogens with zero attached hydrogens (tertiary/aromatic N) is 5. The van der Waals surface area contributed by atoms with E-state index in [2.05, 4.69) is 34.3 Å². The zero-order valence-corrected chi connectivity index (χ0v) is 19.7. The maximum absolute atomic E-state index is 13.7. The number of carbonyl (C=O) groups is 1. The first-order valence-corrected chi connectivity index (χ1v) is 12.0. The minimum Gasteiger partial charge on any atom is -0.369 e. The molecule has 2 fully saturated rings. The predicted octanol–water partition coefficient (Wildman–Crippen LogP) is 2.76. The number of amides is 1. The van der Waals surface area contributed by atoms with Gasteiger partial charge in [0.15, 0.2) is 17.5 Å². The highest BCUT2D eigenvalue weighted by Crippen LogP contribution is 2.47. The molecule has 3 unspecified atom stereocenters. The zero-order valence-electron chi connectivity index (χ0n) is 19.7. The summed E-state index contributed by atoms with van der Waals surface area (Å²) in [6, 6.07) is 4.32. The number of primary amides is 1. The van der Waals surface area contributed by atoms with E-state index in [-0.39, 0.29) is 10.1 Å². The largest absolute Gasteiger partial charge is 0.369 e. The number of H-pyrrole nitrogens is 1. The fourth-order valence-corrected chi connectivity index (χ4v) is 5.48. The van der Waals surface area contributed by atoms with E-state index in [9.17, 15) is 9.18 Å². The molecule has 1 aliphatic carbocycles. The second-order valence-electron chi connectivity index (χ2n) is 10.1. The van der Waals surface area contributed by atoms with Crippen LogP contribution in [0, 0.1) is 5.95 Å². The molecule has 35 heavy (non-hydrogen) atoms. The van der Waals surface area contributed by atoms with Crippen LogP contribution in [-0.4, -0.2) is 55.9 Å². The Hall–Kier alpha value is -3.44. The molecule has 1 spiro atoms. The van der Waals surface area contributed by atoms with Gasteiger partial charge in [-0.3, -0.25) is 9.89 Å². The molecule has 3 aromatic rings. The summed E-state index contributed by atoms with van der Waals surface area (Å²) in [5.74, 6) is 1.00. The van der Waals surface area contributed by atoms with Crippen LogP contribution in [-0.2, 0) is 22.4 Å². The Bertz CT molecular complexity index is 1300. The number of anilines is 2. The number of pyridine rings is 1. The Morgan fingerprint density at radius 1 is 1.34 bits per heavy atom. The van der Waals surface area contributed by atoms with E-state index in [0.717, 1.165) is 23.4 Å². The average molecular weight is 480 g/mol. The Labute approximate surface area is 201 Å². The molecule has 0 aromatic carbocycles. The van der Waals surface area contributed by atoms with E-state index < -0.39 is 17.9 Å². The molecule has 11 heteroatoms. The quantitative estimate of drug-likeness (QED) is 0.281. The number of quaternary nitrogens is 1. The fourth-order valence-electron chi connectivity index (χ4n) is 5.48. The predicted molar refractivity (Wildman–Crippen MR) is 127 cm³/mol. The number of halogens is 1. The summed E-state index contributed by atoms with van der Waals surface area (Å²) in [5.41, 5.74) is 9.18. The number of hydrogen-bond acceptors (Lipinski definition) is 7. The van der Waals surface area contributed by atoms with Gasteiger partial charge in [0.05, 0.1) is 25.0 Å². The molecule has 4 N–H and O–H groups in total. The van der Waals surface area contributed by atoms with Crippen LogP contribution < -0.4 is 15.5 Å². The van der Waals surface area contributed by atoms with Crippen LogP contribution in [0.15, 0.2) is 24.4 Å². The summed E-state index contributed by atoms with van der Waals surface area (Å²) >= 11 is 0. The van der Waals surface area contributed by atoms with Crippen LogP contribution in [0.25, 0.3) is 0 Å². The van der Waals surface area contributed by atoms with Gasteiger partial charge in [-0.2, -0.15) is 19.5 Å². The number of epoxide rings is 1. The molecule has 3 atom stereocenters. The van der Waals surface area contributed by atoms with Gasteiger partial charge >= 0.3 is 5.95 Å². The van der Waals surface area contributed by atoms with Crippen LogP contribution in [0.5, 0.6) is 0 Å². The summed E-state index contributed by atoms with van der Waals surface area (Å²) in [6.45, 7) is 5.42. The first-order chi connectivity index (χ1) is 16.8. The number of aromatic nitrogens is 5. The van der Waals surface area contributed by atoms with Gasteiger partial charge < -0.3 is 15.8 Å². The van der Waals surface area contributed by atoms with Gasteiger partial charge in [0.25, 0.3) is 5.91 Å². The van der Waals surface area contributed by atoms with Gasteiger partial charge in [0.2, 0.25) is 5.95 Å². The molecule has 0 radical (unpaired) electrons. The van der Waals surface area contributed by atoms with Crippen LogP contribution in [0.4, 0.5) is 27.7 Å². The standard InChI is InChI=1S/C24H27FN8O2/c1-13(2)16-8-20(32-31-16)29-22-15-9-24(12-35-24)10-17(15)28-23(30-22)33(7-3-4-18(33)21(26)34)14-5-6-19(25)27-11-14/h5-6,8,11,13,18H,3-4,7,9-10,12H2,1-2H3,(H3-,26,28,29,30,31,32,34)/p+1. The topological polar surface area (TPSA) is 135 Å². The molecule has 3 aromatic heterocycles. The highest BCUT2D eigenvalue weighted by Gasteiger charge is 2.55. The zero-order chi connectivity index (χ0) is 24.4. The molecular formula is C24H28FN8O2+. The molecule has 0 bridgehead atoms. The van der Waals surface area contributed by atoms with Crippen molar-refractivity contribution in [3.63, 3.8) is 0 Å². The third kappa shape index (κ3) is 3.57. The van der Waals surface area contributed by atoms with E-state index in [1.807, 2.05) is 6.07 Å². The van der Waals surface area contributed by atoms with Crippen molar-refractivity contribution in [3.8, 4) is 0 Å². The molecule has 10 nitrogen and oxygen atoms in total. The van der Waals surface area contributed by atoms with Crippen molar-refractivity contribution in [2.45, 2.75) is 57.1 Å². The Morgan fingerprint density at radius 3 is 2.83 bits per heavy atom. The van der Waals surface area contributed by atoms with Crippen molar-refractivity contribution in [2.75, 3.05) is 18.5 Å². The third-order valence-electron chi connectivity index (χ3n) is 7.47. The van der Waals surface area contributed by atoms with E-state index in [1.165, 1.54) is 12.3 Å². The van der Waals surface area contributed by atoms with Crippen LogP contribution in [0.1, 0.15) is 49.6 Å². The second kappa shape index (κ2) is 7.79. The smallest absolute Gasteiger partial charge is 0.337 e. The summed E-state index contributed by atoms with van der Waals surface area (Å²) in [7, 11) is 0. The molecule has 6 rings (SSSR count). The van der Waals surface area contributed by atoms with Crippen LogP contribution >= 0.6 is 0 Å². The van der Waals surface area contributed by atoms with Gasteiger partial charge in [0, 0.05) is 49.1 Å². The van der Waals surface area contributed by atoms with Crippen molar-refractivity contribution in [2.24, 2.45) is 5.73 Å². The van der Waals surface area contributed by atoms with E-state index in [4.69, 9.17) is 20.4 Å². The molecule has 5 heterocycles. The number of carbonyl (C=O) groups excluding carboxylic acids is 1. The van der Waals surface area contributed by atoms with Crippen molar-refractivity contribution in [1.82, 2.24) is 29.6 Å². The highest BCUT2D eigenvalue weighted by molar-refractivity contribution is 5.84. The lowest BCUT2D eigenvalue weighted by atomic mass is 10.1. The number of nitrogens with one attached hydrogen (secondary N) is 2. The number of rotatable bonds is 6. The summed E-state index contributed by atoms with van der Waals surface area (Å²) in [4.78, 5) is 26.5. The van der Waals surface area contributed by atoms with Gasteiger partial charge in [-0.05, 0) is 12.0 Å². The monoisotopic (exact) mass is 479 g/mol. The molecular weight excluding hydrogens is 451 g/mol. The minimum atomic E-state index is -0.591. The fraction of sp³-hybridized carbons (Fsp3) is 0.458. The Morgan fingerprint density at radius 2 is 2.17 bits per heavy atom. The van der Waals surface area contributed by atoms with Gasteiger partial charge in [-0.1, -0.05) is 13.8 Å². The lowest BCUT2D eigenvalue weighted by Crippen LogP contribution is -2.55. The Kier molecular flexibility index (Phi) is 4.91. The number of fused-ring (bicyclic) bond motifs is 1. The van der Waals surface area contributed by atoms with Crippen molar-refractivity contribution >= 4 is 29.2 Å². The van der Waals surface area contributed by atoms with Gasteiger partial charge in [-0.15, -0.1) is 0 Å². The van der Waals surface area contributed by atoms with Crippen molar-refractivity contribution in [3.05, 3.63) is 47.3 Å². The maximum atomic E-state index is 13.7. The van der Waals surface area contributed by atoms with Crippen molar-refractivity contribution in [1.29, 1.82) is 0 Å². The van der Waals surface area contributed by atoms with Gasteiger partial charge in [-0.25, -0.2) is 9.47 Å².